The molecule has 0 saturated heterocycles. The molecule has 0 aliphatic heterocycles. The third-order valence-electron chi connectivity index (χ3n) is 4.46. The van der Waals surface area contributed by atoms with Crippen molar-refractivity contribution in [3.05, 3.63) is 34.1 Å². The average Bonchev–Trinajstić information content (AvgIpc) is 2.73. The van der Waals surface area contributed by atoms with Crippen LogP contribution in [0, 0.1) is 0 Å². The van der Waals surface area contributed by atoms with Gasteiger partial charge in [0, 0.05) is 36.2 Å². The number of methoxy groups -OCH3 is 3. The maximum absolute atomic E-state index is 6.67. The second-order valence-corrected chi connectivity index (χ2v) is 6.91. The summed E-state index contributed by atoms with van der Waals surface area (Å²) in [6, 6.07) is 3.50. The van der Waals surface area contributed by atoms with E-state index in [1.165, 1.54) is 0 Å². The molecule has 154 valence electrons. The smallest absolute Gasteiger partial charge is 0.164 e. The van der Waals surface area contributed by atoms with E-state index in [2.05, 4.69) is 10.3 Å². The first-order valence-corrected chi connectivity index (χ1v) is 9.79. The first-order chi connectivity index (χ1) is 14.0. The number of halogens is 2. The fraction of sp³-hybridized carbons (Fsp3) is 0.350. The summed E-state index contributed by atoms with van der Waals surface area (Å²) in [6.07, 6.45) is 2.29. The maximum atomic E-state index is 6.67. The van der Waals surface area contributed by atoms with Gasteiger partial charge >= 0.3 is 0 Å². The fourth-order valence-electron chi connectivity index (χ4n) is 3.09. The van der Waals surface area contributed by atoms with Crippen LogP contribution in [0.25, 0.3) is 22.3 Å². The van der Waals surface area contributed by atoms with Crippen molar-refractivity contribution in [2.24, 2.45) is 0 Å². The molecule has 29 heavy (non-hydrogen) atoms. The standard InChI is InChI=1S/C20H22Cl2N4O3/c1-5-11-14(28-3)9-15(29-4)18(22)17(11)20-25-13-10-24-16(21)8-12(13)19(26-20)23-6-7-27-2/h8-10H,5-7H2,1-4H3,(H,23,25,26). The minimum absolute atomic E-state index is 0.360. The summed E-state index contributed by atoms with van der Waals surface area (Å²) >= 11 is 12.8. The molecule has 0 aliphatic rings. The molecule has 3 rings (SSSR count). The molecule has 2 aromatic heterocycles. The van der Waals surface area contributed by atoms with Crippen LogP contribution in [0.3, 0.4) is 0 Å². The molecule has 0 bridgehead atoms. The zero-order chi connectivity index (χ0) is 21.0. The minimum atomic E-state index is 0.360. The van der Waals surface area contributed by atoms with E-state index in [-0.39, 0.29) is 0 Å². The topological polar surface area (TPSA) is 78.4 Å². The van der Waals surface area contributed by atoms with Crippen molar-refractivity contribution in [3.63, 3.8) is 0 Å². The summed E-state index contributed by atoms with van der Waals surface area (Å²) < 4.78 is 16.1. The molecule has 0 spiro atoms. The van der Waals surface area contributed by atoms with Crippen LogP contribution in [-0.4, -0.2) is 49.4 Å². The van der Waals surface area contributed by atoms with Crippen LogP contribution in [0.4, 0.5) is 5.82 Å². The van der Waals surface area contributed by atoms with E-state index >= 15 is 0 Å². The average molecular weight is 437 g/mol. The number of aromatic nitrogens is 3. The van der Waals surface area contributed by atoms with E-state index in [0.717, 1.165) is 10.9 Å². The zero-order valence-electron chi connectivity index (χ0n) is 16.7. The van der Waals surface area contributed by atoms with Gasteiger partial charge < -0.3 is 19.5 Å². The Hall–Kier alpha value is -2.35. The van der Waals surface area contributed by atoms with Crippen LogP contribution in [-0.2, 0) is 11.2 Å². The molecule has 9 heteroatoms. The lowest BCUT2D eigenvalue weighted by molar-refractivity contribution is 0.210. The molecule has 0 saturated carbocycles. The van der Waals surface area contributed by atoms with Gasteiger partial charge in [-0.3, -0.25) is 0 Å². The maximum Gasteiger partial charge on any atom is 0.164 e. The predicted molar refractivity (Wildman–Crippen MR) is 116 cm³/mol. The summed E-state index contributed by atoms with van der Waals surface area (Å²) in [5, 5.41) is 4.82. The van der Waals surface area contributed by atoms with E-state index < -0.39 is 0 Å². The van der Waals surface area contributed by atoms with Crippen LogP contribution in [0.1, 0.15) is 12.5 Å². The van der Waals surface area contributed by atoms with Crippen LogP contribution in [0.2, 0.25) is 10.2 Å². The number of benzene rings is 1. The van der Waals surface area contributed by atoms with Crippen molar-refractivity contribution >= 4 is 39.9 Å². The van der Waals surface area contributed by atoms with Crippen molar-refractivity contribution < 1.29 is 14.2 Å². The lowest BCUT2D eigenvalue weighted by atomic mass is 10.0. The third kappa shape index (κ3) is 4.32. The van der Waals surface area contributed by atoms with Gasteiger partial charge in [-0.2, -0.15) is 0 Å². The predicted octanol–water partition coefficient (Wildman–Crippen LogP) is 4.64. The highest BCUT2D eigenvalue weighted by atomic mass is 35.5. The molecule has 0 unspecified atom stereocenters. The fourth-order valence-corrected chi connectivity index (χ4v) is 3.58. The Morgan fingerprint density at radius 3 is 2.45 bits per heavy atom. The Labute approximate surface area is 179 Å². The van der Waals surface area contributed by atoms with Crippen LogP contribution in [0.5, 0.6) is 11.5 Å². The van der Waals surface area contributed by atoms with Crippen molar-refractivity contribution in [1.29, 1.82) is 0 Å². The number of rotatable bonds is 8. The number of anilines is 1. The number of pyridine rings is 1. The number of hydrogen-bond acceptors (Lipinski definition) is 7. The number of nitrogens with one attached hydrogen (secondary N) is 1. The van der Waals surface area contributed by atoms with Crippen LogP contribution >= 0.6 is 23.2 Å². The van der Waals surface area contributed by atoms with Crippen LogP contribution < -0.4 is 14.8 Å². The molecule has 0 radical (unpaired) electrons. The first kappa shape index (κ1) is 21.4. The van der Waals surface area contributed by atoms with Gasteiger partial charge in [-0.05, 0) is 12.5 Å². The second-order valence-electron chi connectivity index (χ2n) is 6.14. The zero-order valence-corrected chi connectivity index (χ0v) is 18.2. The number of nitrogens with zero attached hydrogens (tertiary/aromatic N) is 3. The molecule has 2 heterocycles. The SMILES string of the molecule is CCc1c(OC)cc(OC)c(Cl)c1-c1nc(NCCOC)c2cc(Cl)ncc2n1. The highest BCUT2D eigenvalue weighted by Crippen LogP contribution is 2.43. The highest BCUT2D eigenvalue weighted by molar-refractivity contribution is 6.35. The Morgan fingerprint density at radius 1 is 1.03 bits per heavy atom. The van der Waals surface area contributed by atoms with E-state index in [0.29, 0.717) is 64.0 Å². The lowest BCUT2D eigenvalue weighted by Crippen LogP contribution is -2.11. The highest BCUT2D eigenvalue weighted by Gasteiger charge is 2.22. The second kappa shape index (κ2) is 9.43. The van der Waals surface area contributed by atoms with E-state index in [1.807, 2.05) is 6.92 Å². The molecule has 1 aromatic carbocycles. The molecule has 0 aliphatic carbocycles. The van der Waals surface area contributed by atoms with Gasteiger partial charge in [0.25, 0.3) is 0 Å². The van der Waals surface area contributed by atoms with Gasteiger partial charge in [-0.1, -0.05) is 30.1 Å². The van der Waals surface area contributed by atoms with Gasteiger partial charge in [-0.15, -0.1) is 0 Å². The third-order valence-corrected chi connectivity index (χ3v) is 5.04. The molecule has 3 aromatic rings. The molecular weight excluding hydrogens is 415 g/mol. The van der Waals surface area contributed by atoms with E-state index in [4.69, 9.17) is 47.4 Å². The van der Waals surface area contributed by atoms with Crippen molar-refractivity contribution in [1.82, 2.24) is 15.0 Å². The summed E-state index contributed by atoms with van der Waals surface area (Å²) in [5.41, 5.74) is 2.19. The minimum Gasteiger partial charge on any atom is -0.496 e. The Morgan fingerprint density at radius 2 is 1.79 bits per heavy atom. The summed E-state index contributed by atoms with van der Waals surface area (Å²) in [4.78, 5) is 13.6. The normalized spacial score (nSPS) is 11.0. The number of ether oxygens (including phenoxy) is 3. The van der Waals surface area contributed by atoms with Gasteiger partial charge in [0.15, 0.2) is 5.82 Å². The van der Waals surface area contributed by atoms with Crippen LogP contribution in [0.15, 0.2) is 18.3 Å². The Kier molecular flexibility index (Phi) is 6.95. The number of hydrogen-bond donors (Lipinski definition) is 1. The van der Waals surface area contributed by atoms with Gasteiger partial charge in [-0.25, -0.2) is 15.0 Å². The van der Waals surface area contributed by atoms with E-state index in [1.54, 1.807) is 39.7 Å². The van der Waals surface area contributed by atoms with Gasteiger partial charge in [0.05, 0.1) is 37.6 Å². The lowest BCUT2D eigenvalue weighted by Gasteiger charge is -2.18. The quantitative estimate of drug-likeness (QED) is 0.406. The largest absolute Gasteiger partial charge is 0.496 e. The molecule has 0 amide bonds. The molecule has 0 fully saturated rings. The number of fused-ring (bicyclic) bond motifs is 1. The van der Waals surface area contributed by atoms with Gasteiger partial charge in [0.1, 0.15) is 22.5 Å². The van der Waals surface area contributed by atoms with Gasteiger partial charge in [0.2, 0.25) is 0 Å². The first-order valence-electron chi connectivity index (χ1n) is 9.03. The summed E-state index contributed by atoms with van der Waals surface area (Å²) in [6.45, 7) is 3.11. The monoisotopic (exact) mass is 436 g/mol. The van der Waals surface area contributed by atoms with Crippen molar-refractivity contribution in [2.45, 2.75) is 13.3 Å². The van der Waals surface area contributed by atoms with Crippen molar-refractivity contribution in [3.8, 4) is 22.9 Å². The van der Waals surface area contributed by atoms with Crippen molar-refractivity contribution in [2.75, 3.05) is 39.8 Å². The summed E-state index contributed by atoms with van der Waals surface area (Å²) in [7, 11) is 4.80. The Bertz CT molecular complexity index is 1030. The molecule has 1 N–H and O–H groups in total. The molecule has 0 atom stereocenters. The molecule has 7 nitrogen and oxygen atoms in total. The Balaban J connectivity index is 2.28. The van der Waals surface area contributed by atoms with E-state index in [9.17, 15) is 0 Å². The summed E-state index contributed by atoms with van der Waals surface area (Å²) in [5.74, 6) is 2.21. The molecular formula is C20H22Cl2N4O3.